The van der Waals surface area contributed by atoms with Gasteiger partial charge in [-0.25, -0.2) is 0 Å². The van der Waals surface area contributed by atoms with Gasteiger partial charge >= 0.3 is 0 Å². The summed E-state index contributed by atoms with van der Waals surface area (Å²) in [4.78, 5) is 7.25. The smallest absolute Gasteiger partial charge is 0.0490 e. The highest BCUT2D eigenvalue weighted by molar-refractivity contribution is 5.82. The number of unbranched alkanes of at least 4 members (excludes halogenated alkanes) is 1. The molecule has 2 atom stereocenters. The average molecular weight is 1060 g/mol. The van der Waals surface area contributed by atoms with E-state index in [1.54, 1.807) is 0 Å². The Labute approximate surface area is 485 Å². The van der Waals surface area contributed by atoms with E-state index in [2.05, 4.69) is 322 Å². The summed E-state index contributed by atoms with van der Waals surface area (Å²) in [7, 11) is 0. The highest BCUT2D eigenvalue weighted by Crippen LogP contribution is 2.46. The van der Waals surface area contributed by atoms with E-state index in [0.29, 0.717) is 0 Å². The molecule has 408 valence electrons. The van der Waals surface area contributed by atoms with Gasteiger partial charge in [0.05, 0.1) is 0 Å². The van der Waals surface area contributed by atoms with Gasteiger partial charge in [-0.15, -0.1) is 0 Å². The Balaban J connectivity index is 0.956. The SMILES string of the molecule is CCCCC(C)(c1ccc(N(c2ccc(C)cc2)c2ccc(C)cc2C)cc1)c1ccc(N(c2ccc(C(C)(CC)c3ccc(N(c4ccc(-c5ccc(C)cc5)cc4)c4ccc(C)cc4C)cc3)cc2)c2ccc(C)cc2C)cc1. The molecule has 81 heavy (non-hydrogen) atoms. The molecule has 0 saturated carbocycles. The lowest BCUT2D eigenvalue weighted by atomic mass is 9.72. The van der Waals surface area contributed by atoms with Crippen LogP contribution in [0.5, 0.6) is 0 Å². The normalized spacial score (nSPS) is 12.8. The molecule has 0 N–H and O–H groups in total. The van der Waals surface area contributed by atoms with Crippen LogP contribution in [-0.4, -0.2) is 0 Å². The first-order valence-corrected chi connectivity index (χ1v) is 29.3. The Hall–Kier alpha value is -8.40. The molecule has 0 aromatic heterocycles. The van der Waals surface area contributed by atoms with Crippen molar-refractivity contribution in [3.63, 3.8) is 0 Å². The molecule has 0 aliphatic carbocycles. The highest BCUT2D eigenvalue weighted by Gasteiger charge is 2.31. The van der Waals surface area contributed by atoms with Gasteiger partial charge in [0.25, 0.3) is 0 Å². The molecule has 0 amide bonds. The third-order valence-electron chi connectivity index (χ3n) is 17.4. The van der Waals surface area contributed by atoms with Gasteiger partial charge in [-0.3, -0.25) is 0 Å². The number of anilines is 9. The number of hydrogen-bond donors (Lipinski definition) is 0. The molecular weight excluding hydrogens is 979 g/mol. The molecule has 3 nitrogen and oxygen atoms in total. The van der Waals surface area contributed by atoms with E-state index in [4.69, 9.17) is 0 Å². The summed E-state index contributed by atoms with van der Waals surface area (Å²) in [6.45, 7) is 27.0. The van der Waals surface area contributed by atoms with Crippen molar-refractivity contribution < 1.29 is 0 Å². The zero-order chi connectivity index (χ0) is 57.0. The Morgan fingerprint density at radius 1 is 0.284 bits per heavy atom. The monoisotopic (exact) mass is 1060 g/mol. The number of hydrogen-bond acceptors (Lipinski definition) is 3. The lowest BCUT2D eigenvalue weighted by Crippen LogP contribution is -2.24. The summed E-state index contributed by atoms with van der Waals surface area (Å²) in [6, 6.07) is 84.6. The average Bonchev–Trinajstić information content (AvgIpc) is 3.68. The van der Waals surface area contributed by atoms with Crippen molar-refractivity contribution in [2.45, 2.75) is 120 Å². The Bertz CT molecular complexity index is 3740. The molecule has 0 aliphatic heterocycles. The fourth-order valence-electron chi connectivity index (χ4n) is 12.2. The molecular formula is C78H81N3. The van der Waals surface area contributed by atoms with Crippen LogP contribution in [0.2, 0.25) is 0 Å². The van der Waals surface area contributed by atoms with Crippen molar-refractivity contribution in [3.05, 3.63) is 291 Å². The molecule has 0 saturated heterocycles. The first-order chi connectivity index (χ1) is 39.1. The molecule has 2 unspecified atom stereocenters. The van der Waals surface area contributed by atoms with Crippen LogP contribution in [0, 0.1) is 55.4 Å². The van der Waals surface area contributed by atoms with Gasteiger partial charge in [-0.1, -0.05) is 202 Å². The molecule has 3 heteroatoms. The van der Waals surface area contributed by atoms with Gasteiger partial charge in [-0.05, 0) is 209 Å². The van der Waals surface area contributed by atoms with Crippen LogP contribution in [0.25, 0.3) is 11.1 Å². The lowest BCUT2D eigenvalue weighted by Gasteiger charge is -2.34. The second-order valence-electron chi connectivity index (χ2n) is 23.4. The number of rotatable bonds is 18. The predicted molar refractivity (Wildman–Crippen MR) is 349 cm³/mol. The van der Waals surface area contributed by atoms with Crippen molar-refractivity contribution in [1.82, 2.24) is 0 Å². The van der Waals surface area contributed by atoms with Crippen LogP contribution in [-0.2, 0) is 10.8 Å². The summed E-state index contributed by atoms with van der Waals surface area (Å²) >= 11 is 0. The van der Waals surface area contributed by atoms with E-state index in [-0.39, 0.29) is 10.8 Å². The zero-order valence-electron chi connectivity index (χ0n) is 50.0. The van der Waals surface area contributed by atoms with Crippen LogP contribution in [0.4, 0.5) is 51.2 Å². The minimum atomic E-state index is -0.219. The molecule has 10 rings (SSSR count). The van der Waals surface area contributed by atoms with E-state index in [9.17, 15) is 0 Å². The maximum atomic E-state index is 2.44. The van der Waals surface area contributed by atoms with Crippen molar-refractivity contribution in [2.75, 3.05) is 14.7 Å². The van der Waals surface area contributed by atoms with Gasteiger partial charge in [-0.2, -0.15) is 0 Å². The van der Waals surface area contributed by atoms with Crippen molar-refractivity contribution in [2.24, 2.45) is 0 Å². The fraction of sp³-hybridized carbons (Fsp3) is 0.231. The van der Waals surface area contributed by atoms with E-state index in [1.807, 2.05) is 0 Å². The third-order valence-corrected chi connectivity index (χ3v) is 17.4. The summed E-state index contributed by atoms with van der Waals surface area (Å²) in [5.41, 5.74) is 27.7. The van der Waals surface area contributed by atoms with Gasteiger partial charge in [0.1, 0.15) is 0 Å². The molecule has 0 spiro atoms. The van der Waals surface area contributed by atoms with E-state index in [0.717, 1.165) is 59.8 Å². The first kappa shape index (κ1) is 55.9. The molecule has 0 radical (unpaired) electrons. The van der Waals surface area contributed by atoms with Crippen molar-refractivity contribution in [1.29, 1.82) is 0 Å². The van der Waals surface area contributed by atoms with Gasteiger partial charge in [0.15, 0.2) is 0 Å². The standard InChI is InChI=1S/C78H81N3/c1-13-15-50-78(12,66-31-43-72(44-32-66)79(68-35-18-55(4)19-36-68)74-47-20-56(5)51-59(74)8)67-33-45-73(46-34-67)81(76-49-22-58(7)53-61(76)10)71-41-29-65(30-42-71)77(11,14-2)64-27-39-70(40-28-64)80(75-48-21-57(6)52-60(75)9)69-37-25-63(26-38-69)62-23-16-54(3)17-24-62/h16-49,51-53H,13-15,50H2,1-12H3. The number of aryl methyl sites for hydroxylation is 8. The summed E-state index contributed by atoms with van der Waals surface area (Å²) < 4.78 is 0. The van der Waals surface area contributed by atoms with Crippen LogP contribution in [0.1, 0.15) is 120 Å². The van der Waals surface area contributed by atoms with Crippen LogP contribution < -0.4 is 14.7 Å². The van der Waals surface area contributed by atoms with E-state index < -0.39 is 0 Å². The zero-order valence-corrected chi connectivity index (χ0v) is 50.0. The molecule has 0 heterocycles. The topological polar surface area (TPSA) is 9.72 Å². The lowest BCUT2D eigenvalue weighted by molar-refractivity contribution is 0.493. The van der Waals surface area contributed by atoms with Gasteiger partial charge in [0.2, 0.25) is 0 Å². The van der Waals surface area contributed by atoms with Crippen LogP contribution >= 0.6 is 0 Å². The molecule has 10 aromatic carbocycles. The maximum absolute atomic E-state index is 2.44. The van der Waals surface area contributed by atoms with Crippen LogP contribution in [0.15, 0.2) is 224 Å². The van der Waals surface area contributed by atoms with Crippen molar-refractivity contribution >= 4 is 51.2 Å². The number of benzene rings is 10. The quantitative estimate of drug-likeness (QED) is 0.0848. The Morgan fingerprint density at radius 2 is 0.531 bits per heavy atom. The van der Waals surface area contributed by atoms with Gasteiger partial charge in [0, 0.05) is 62.0 Å². The molecule has 10 aromatic rings. The summed E-state index contributed by atoms with van der Waals surface area (Å²) in [6.07, 6.45) is 4.27. The fourth-order valence-corrected chi connectivity index (χ4v) is 12.2. The van der Waals surface area contributed by atoms with Crippen LogP contribution in [0.3, 0.4) is 0 Å². The first-order valence-electron chi connectivity index (χ1n) is 29.3. The molecule has 0 bridgehead atoms. The van der Waals surface area contributed by atoms with E-state index in [1.165, 1.54) is 95.0 Å². The Morgan fingerprint density at radius 3 is 0.815 bits per heavy atom. The third kappa shape index (κ3) is 11.6. The second-order valence-corrected chi connectivity index (χ2v) is 23.4. The highest BCUT2D eigenvalue weighted by atomic mass is 15.2. The maximum Gasteiger partial charge on any atom is 0.0490 e. The summed E-state index contributed by atoms with van der Waals surface area (Å²) in [5.74, 6) is 0. The molecule has 0 aliphatic rings. The minimum absolute atomic E-state index is 0.192. The summed E-state index contributed by atoms with van der Waals surface area (Å²) in [5, 5.41) is 0. The predicted octanol–water partition coefficient (Wildman–Crippen LogP) is 22.4. The Kier molecular flexibility index (Phi) is 16.4. The number of nitrogens with zero attached hydrogens (tertiary/aromatic N) is 3. The van der Waals surface area contributed by atoms with E-state index >= 15 is 0 Å². The second kappa shape index (κ2) is 23.7. The largest absolute Gasteiger partial charge is 0.310 e. The molecule has 0 fully saturated rings. The minimum Gasteiger partial charge on any atom is -0.310 e. The van der Waals surface area contributed by atoms with Gasteiger partial charge < -0.3 is 14.7 Å². The van der Waals surface area contributed by atoms with Crippen molar-refractivity contribution in [3.8, 4) is 11.1 Å².